The standard InChI is InChI=1S/C50H75N7O10/c1-34(58)44(48(64)57-45(37-27-19-14-20-28-37)49(65)55-38(46(51)62)31-35-23-15-12-16-24-35)56-42(60)30-22-11-9-7-5-3-2-4-6-8-10-21-29-41(59)53-39(47(52)63)33-43(61)54-40(50(66)67)32-36-25-17-13-18-26-36/h12-13,15-18,23-26,34,37-40,44-45,58H,2-11,14,19-22,27-33H2,1H3,(H2,51,62)(H2,52,63)(H,53,59)(H,54,61)(H,55,65)(H,56,60)(H,57,64)(H,66,67)/t34?,38-,39+,40-,44-,45+/m0/s1. The number of unbranched alkanes of at least 4 members (excludes halogenated alkanes) is 11. The third-order valence-electron chi connectivity index (χ3n) is 12.3. The average Bonchev–Trinajstić information content (AvgIpc) is 3.30. The maximum atomic E-state index is 13.7. The molecule has 0 radical (unpaired) electrons. The monoisotopic (exact) mass is 934 g/mol. The van der Waals surface area contributed by atoms with Gasteiger partial charge in [-0.25, -0.2) is 4.79 Å². The number of carboxylic acid groups (broad SMARTS) is 1. The van der Waals surface area contributed by atoms with Gasteiger partial charge in [-0.2, -0.15) is 0 Å². The number of aliphatic carboxylic acids is 1. The highest BCUT2D eigenvalue weighted by atomic mass is 16.4. The molecule has 0 heterocycles. The second-order valence-electron chi connectivity index (χ2n) is 17.9. The molecule has 1 fully saturated rings. The molecule has 11 N–H and O–H groups in total. The van der Waals surface area contributed by atoms with Crippen LogP contribution in [0.25, 0.3) is 0 Å². The summed E-state index contributed by atoms with van der Waals surface area (Å²) in [6.07, 6.45) is 14.4. The minimum atomic E-state index is -1.26. The van der Waals surface area contributed by atoms with Crippen molar-refractivity contribution in [3.63, 3.8) is 0 Å². The highest BCUT2D eigenvalue weighted by Crippen LogP contribution is 2.27. The van der Waals surface area contributed by atoms with E-state index in [1.807, 2.05) is 30.3 Å². The number of aliphatic hydroxyl groups excluding tert-OH is 1. The van der Waals surface area contributed by atoms with E-state index in [4.69, 9.17) is 11.5 Å². The van der Waals surface area contributed by atoms with Crippen molar-refractivity contribution >= 4 is 47.3 Å². The van der Waals surface area contributed by atoms with Crippen LogP contribution in [0, 0.1) is 5.92 Å². The number of hydrogen-bond acceptors (Lipinski definition) is 9. The van der Waals surface area contributed by atoms with Crippen LogP contribution >= 0.6 is 0 Å². The molecule has 6 atom stereocenters. The Kier molecular flexibility index (Phi) is 25.8. The fraction of sp³-hybridized carbons (Fsp3) is 0.600. The number of nitrogens with two attached hydrogens (primary N) is 2. The molecule has 2 aromatic carbocycles. The number of primary amides is 2. The quantitative estimate of drug-likeness (QED) is 0.0467. The zero-order valence-electron chi connectivity index (χ0n) is 39.2. The summed E-state index contributed by atoms with van der Waals surface area (Å²) in [5, 5.41) is 33.2. The molecular weight excluding hydrogens is 859 g/mol. The maximum Gasteiger partial charge on any atom is 0.326 e. The van der Waals surface area contributed by atoms with E-state index in [1.54, 1.807) is 30.3 Å². The molecule has 0 aromatic heterocycles. The number of rotatable bonds is 33. The lowest BCUT2D eigenvalue weighted by Crippen LogP contribution is -2.60. The van der Waals surface area contributed by atoms with Gasteiger partial charge in [0.1, 0.15) is 30.2 Å². The zero-order valence-corrected chi connectivity index (χ0v) is 39.2. The Morgan fingerprint density at radius 3 is 1.42 bits per heavy atom. The van der Waals surface area contributed by atoms with Crippen molar-refractivity contribution in [1.82, 2.24) is 26.6 Å². The first-order valence-electron chi connectivity index (χ1n) is 24.2. The Morgan fingerprint density at radius 1 is 0.537 bits per heavy atom. The first kappa shape index (κ1) is 55.5. The summed E-state index contributed by atoms with van der Waals surface area (Å²) < 4.78 is 0. The van der Waals surface area contributed by atoms with E-state index in [0.29, 0.717) is 25.7 Å². The average molecular weight is 934 g/mol. The molecule has 17 nitrogen and oxygen atoms in total. The van der Waals surface area contributed by atoms with Crippen LogP contribution in [0.4, 0.5) is 0 Å². The predicted molar refractivity (Wildman–Crippen MR) is 253 cm³/mol. The lowest BCUT2D eigenvalue weighted by molar-refractivity contribution is -0.142. The van der Waals surface area contributed by atoms with Crippen LogP contribution in [0.5, 0.6) is 0 Å². The van der Waals surface area contributed by atoms with Crippen molar-refractivity contribution in [2.75, 3.05) is 0 Å². The second kappa shape index (κ2) is 31.2. The molecule has 17 heteroatoms. The Hall–Kier alpha value is -5.84. The number of benzene rings is 2. The molecule has 67 heavy (non-hydrogen) atoms. The summed E-state index contributed by atoms with van der Waals surface area (Å²) in [5.41, 5.74) is 12.6. The number of carbonyl (C=O) groups is 8. The van der Waals surface area contributed by atoms with Gasteiger partial charge in [0.05, 0.1) is 12.5 Å². The van der Waals surface area contributed by atoms with Crippen molar-refractivity contribution in [2.45, 2.75) is 184 Å². The third kappa shape index (κ3) is 22.5. The SMILES string of the molecule is CC(O)[C@H](NC(=O)CCCCCCCCCCCCCCC(=O)N[C@H](CC(=O)N[C@@H](Cc1ccccc1)C(=O)O)C(N)=O)C(=O)N[C@@H](C(=O)N[C@@H](Cc1ccccc1)C(N)=O)C1CCCCC1. The first-order valence-corrected chi connectivity index (χ1v) is 24.2. The van der Waals surface area contributed by atoms with E-state index in [1.165, 1.54) is 6.92 Å². The fourth-order valence-electron chi connectivity index (χ4n) is 8.41. The van der Waals surface area contributed by atoms with Gasteiger partial charge >= 0.3 is 5.97 Å². The Labute approximate surface area is 395 Å². The lowest BCUT2D eigenvalue weighted by Gasteiger charge is -2.32. The van der Waals surface area contributed by atoms with Gasteiger partial charge in [-0.05, 0) is 49.7 Å². The van der Waals surface area contributed by atoms with Crippen LogP contribution in [0.15, 0.2) is 60.7 Å². The van der Waals surface area contributed by atoms with Gasteiger partial charge in [0.25, 0.3) is 0 Å². The van der Waals surface area contributed by atoms with E-state index in [0.717, 1.165) is 94.6 Å². The Bertz CT molecular complexity index is 1860. The first-order chi connectivity index (χ1) is 32.1. The number of carbonyl (C=O) groups excluding carboxylic acids is 7. The molecule has 3 rings (SSSR count). The normalized spacial score (nSPS) is 15.4. The van der Waals surface area contributed by atoms with E-state index >= 15 is 0 Å². The van der Waals surface area contributed by atoms with Crippen molar-refractivity contribution in [2.24, 2.45) is 17.4 Å². The van der Waals surface area contributed by atoms with Gasteiger partial charge in [-0.3, -0.25) is 33.6 Å². The van der Waals surface area contributed by atoms with Crippen LogP contribution in [-0.4, -0.2) is 93.8 Å². The molecule has 7 amide bonds. The van der Waals surface area contributed by atoms with E-state index in [9.17, 15) is 48.6 Å². The molecule has 0 bridgehead atoms. The summed E-state index contributed by atoms with van der Waals surface area (Å²) in [7, 11) is 0. The summed E-state index contributed by atoms with van der Waals surface area (Å²) in [5.74, 6) is -5.63. The summed E-state index contributed by atoms with van der Waals surface area (Å²) in [6, 6.07) is 12.3. The molecule has 0 spiro atoms. The molecule has 1 aliphatic rings. The molecular formula is C50H75N7O10. The highest BCUT2D eigenvalue weighted by Gasteiger charge is 2.36. The van der Waals surface area contributed by atoms with Crippen molar-refractivity contribution in [3.8, 4) is 0 Å². The van der Waals surface area contributed by atoms with Gasteiger partial charge in [0.15, 0.2) is 0 Å². The van der Waals surface area contributed by atoms with Gasteiger partial charge in [-0.1, -0.05) is 144 Å². The molecule has 1 unspecified atom stereocenters. The van der Waals surface area contributed by atoms with Gasteiger partial charge in [0.2, 0.25) is 41.4 Å². The highest BCUT2D eigenvalue weighted by molar-refractivity contribution is 5.95. The second-order valence-corrected chi connectivity index (χ2v) is 17.9. The Morgan fingerprint density at radius 2 is 0.970 bits per heavy atom. The van der Waals surface area contributed by atoms with Gasteiger partial charge in [0, 0.05) is 25.7 Å². The van der Waals surface area contributed by atoms with Gasteiger partial charge < -0.3 is 48.3 Å². The molecule has 0 saturated heterocycles. The third-order valence-corrected chi connectivity index (χ3v) is 12.3. The number of nitrogens with one attached hydrogen (secondary N) is 5. The number of aliphatic hydroxyl groups is 1. The molecule has 1 aliphatic carbocycles. The van der Waals surface area contributed by atoms with Gasteiger partial charge in [-0.15, -0.1) is 0 Å². The van der Waals surface area contributed by atoms with Crippen LogP contribution in [0.3, 0.4) is 0 Å². The van der Waals surface area contributed by atoms with Crippen LogP contribution in [0.1, 0.15) is 146 Å². The minimum absolute atomic E-state index is 0.0630. The Balaban J connectivity index is 1.26. The number of carboxylic acids is 1. The number of hydrogen-bond donors (Lipinski definition) is 9. The van der Waals surface area contributed by atoms with E-state index in [-0.39, 0.29) is 37.5 Å². The summed E-state index contributed by atoms with van der Waals surface area (Å²) >= 11 is 0. The van der Waals surface area contributed by atoms with Crippen LogP contribution in [0.2, 0.25) is 0 Å². The molecule has 0 aliphatic heterocycles. The van der Waals surface area contributed by atoms with Crippen molar-refractivity contribution < 1.29 is 48.6 Å². The molecule has 2 aromatic rings. The fourth-order valence-corrected chi connectivity index (χ4v) is 8.41. The molecule has 1 saturated carbocycles. The van der Waals surface area contributed by atoms with Crippen molar-refractivity contribution in [1.29, 1.82) is 0 Å². The van der Waals surface area contributed by atoms with Crippen LogP contribution < -0.4 is 38.1 Å². The van der Waals surface area contributed by atoms with Crippen molar-refractivity contribution in [3.05, 3.63) is 71.8 Å². The van der Waals surface area contributed by atoms with Crippen LogP contribution in [-0.2, 0) is 51.2 Å². The summed E-state index contributed by atoms with van der Waals surface area (Å²) in [6.45, 7) is 1.41. The lowest BCUT2D eigenvalue weighted by atomic mass is 9.83. The minimum Gasteiger partial charge on any atom is -0.480 e. The predicted octanol–water partition coefficient (Wildman–Crippen LogP) is 3.76. The smallest absolute Gasteiger partial charge is 0.326 e. The largest absolute Gasteiger partial charge is 0.480 e. The topological polar surface area (TPSA) is 289 Å². The van der Waals surface area contributed by atoms with E-state index < -0.39 is 84.1 Å². The molecule has 370 valence electrons. The maximum absolute atomic E-state index is 13.7. The zero-order chi connectivity index (χ0) is 49.0. The summed E-state index contributed by atoms with van der Waals surface area (Å²) in [4.78, 5) is 101. The van der Waals surface area contributed by atoms with E-state index in [2.05, 4.69) is 26.6 Å². The number of amides is 7.